The Morgan fingerprint density at radius 2 is 1.43 bits per heavy atom. The van der Waals surface area contributed by atoms with Crippen molar-refractivity contribution in [2.24, 2.45) is 14.1 Å². The fraction of sp³-hybridized carbons (Fsp3) is 0.395. The Morgan fingerprint density at radius 1 is 0.738 bits per heavy atom. The first kappa shape index (κ1) is 38.5. The predicted octanol–water partition coefficient (Wildman–Crippen LogP) is 4.70. The Bertz CT molecular complexity index is 2850. The molecule has 0 bridgehead atoms. The van der Waals surface area contributed by atoms with Crippen LogP contribution in [0.2, 0.25) is 0 Å². The number of H-pyrrole nitrogens is 2. The van der Waals surface area contributed by atoms with E-state index in [0.29, 0.717) is 23.3 Å². The van der Waals surface area contributed by atoms with Crippen molar-refractivity contribution in [1.29, 1.82) is 0 Å². The largest absolute Gasteiger partial charge is 0.473 e. The van der Waals surface area contributed by atoms with Gasteiger partial charge in [0.05, 0.1) is 35.2 Å². The summed E-state index contributed by atoms with van der Waals surface area (Å²) < 4.78 is 8.50. The molecule has 0 saturated carbocycles. The number of hydrogen-bond donors (Lipinski definition) is 4. The first-order valence-electron chi connectivity index (χ1n) is 20.8. The zero-order valence-electron chi connectivity index (χ0n) is 35.5. The summed E-state index contributed by atoms with van der Waals surface area (Å²) in [7, 11) is 5.72. The third kappa shape index (κ3) is 7.35. The summed E-state index contributed by atoms with van der Waals surface area (Å²) in [6.07, 6.45) is 11.2. The van der Waals surface area contributed by atoms with Gasteiger partial charge < -0.3 is 20.3 Å². The molecule has 2 aliphatic heterocycles. The standard InChI is InChI=1S/C43H49N17O/c1-42(2)19-26(20-43(3,4)56-42)61-38-13-11-33(49-51-38)39-36(18-29(30-21-45-52-41(30)39)35-23-47-59(7)54-35)60-24-31-27(34-22-46-58(6)53-34)8-9-28(40(31)55-60)32-10-12-37(50-48-32)57(5)25-14-16-44-17-15-25/h8-13,18,21-26,44,56H,14-17,19-20H2,1-7H3,(H,45,49,52,54)/p+1. The first-order chi connectivity index (χ1) is 29.4. The Balaban J connectivity index is 1.11. The molecule has 2 saturated heterocycles. The van der Waals surface area contributed by atoms with Crippen LogP contribution in [0.1, 0.15) is 53.4 Å². The van der Waals surface area contributed by atoms with Gasteiger partial charge in [0.25, 0.3) is 0 Å². The number of nitrogens with one attached hydrogen (secondary N) is 4. The summed E-state index contributed by atoms with van der Waals surface area (Å²) in [6, 6.07) is 14.6. The lowest BCUT2D eigenvalue weighted by Crippen LogP contribution is -2.60. The second kappa shape index (κ2) is 14.8. The number of ether oxygens (including phenoxy) is 1. The van der Waals surface area contributed by atoms with Crippen molar-refractivity contribution in [2.75, 3.05) is 25.0 Å². The molecule has 312 valence electrons. The molecule has 4 N–H and O–H groups in total. The van der Waals surface area contributed by atoms with Crippen LogP contribution < -0.4 is 25.0 Å². The van der Waals surface area contributed by atoms with Crippen LogP contribution in [-0.4, -0.2) is 109 Å². The van der Waals surface area contributed by atoms with Crippen molar-refractivity contribution in [2.45, 2.75) is 76.6 Å². The van der Waals surface area contributed by atoms with Crippen LogP contribution in [-0.2, 0) is 14.1 Å². The molecule has 2 aliphatic rings. The Labute approximate surface area is 352 Å². The van der Waals surface area contributed by atoms with Crippen molar-refractivity contribution in [3.05, 3.63) is 67.3 Å². The number of fused-ring (bicyclic) bond motifs is 2. The van der Waals surface area contributed by atoms with Gasteiger partial charge >= 0.3 is 0 Å². The summed E-state index contributed by atoms with van der Waals surface area (Å²) >= 11 is 0. The number of rotatable bonds is 9. The van der Waals surface area contributed by atoms with Gasteiger partial charge in [-0.1, -0.05) is 10.7 Å². The smallest absolute Gasteiger partial charge is 0.247 e. The van der Waals surface area contributed by atoms with Gasteiger partial charge in [-0.05, 0) is 77.9 Å². The summed E-state index contributed by atoms with van der Waals surface area (Å²) in [5.41, 5.74) is 8.46. The van der Waals surface area contributed by atoms with Crippen molar-refractivity contribution in [1.82, 2.24) is 76.3 Å². The van der Waals surface area contributed by atoms with E-state index in [-0.39, 0.29) is 17.2 Å². The van der Waals surface area contributed by atoms with E-state index >= 15 is 0 Å². The topological polar surface area (TPSA) is 198 Å². The van der Waals surface area contributed by atoms with Crippen LogP contribution in [0.15, 0.2) is 67.3 Å². The van der Waals surface area contributed by atoms with Crippen molar-refractivity contribution in [3.63, 3.8) is 0 Å². The quantitative estimate of drug-likeness (QED) is 0.146. The molecule has 10 rings (SSSR count). The lowest BCUT2D eigenvalue weighted by atomic mass is 9.81. The van der Waals surface area contributed by atoms with E-state index in [9.17, 15) is 0 Å². The fourth-order valence-electron chi connectivity index (χ4n) is 9.45. The minimum Gasteiger partial charge on any atom is -0.473 e. The molecule has 8 heterocycles. The van der Waals surface area contributed by atoms with Crippen molar-refractivity contribution < 1.29 is 9.42 Å². The van der Waals surface area contributed by atoms with Gasteiger partial charge in [-0.25, -0.2) is 0 Å². The van der Waals surface area contributed by atoms with Crippen molar-refractivity contribution in [3.8, 4) is 56.6 Å². The number of anilines is 1. The monoisotopic (exact) mass is 820 g/mol. The van der Waals surface area contributed by atoms with Gasteiger partial charge in [0.15, 0.2) is 5.82 Å². The highest BCUT2D eigenvalue weighted by Gasteiger charge is 2.39. The molecule has 6 aromatic heterocycles. The maximum atomic E-state index is 6.50. The molecule has 0 unspecified atom stereocenters. The van der Waals surface area contributed by atoms with Gasteiger partial charge in [0.2, 0.25) is 17.8 Å². The van der Waals surface area contributed by atoms with Crippen LogP contribution in [0.4, 0.5) is 5.82 Å². The van der Waals surface area contributed by atoms with Crippen LogP contribution in [0, 0.1) is 0 Å². The molecular weight excluding hydrogens is 771 g/mol. The first-order valence-corrected chi connectivity index (χ1v) is 20.8. The summed E-state index contributed by atoms with van der Waals surface area (Å²) in [5, 5.41) is 57.6. The molecule has 0 amide bonds. The number of aromatic amines is 2. The molecular formula is C43H50N17O+. The number of aryl methyl sites for hydroxylation is 2. The Kier molecular flexibility index (Phi) is 9.35. The number of piperidine rings is 2. The Hall–Kier alpha value is -6.66. The average Bonchev–Trinajstić information content (AvgIpc) is 4.07. The highest BCUT2D eigenvalue weighted by Crippen LogP contribution is 2.39. The highest BCUT2D eigenvalue weighted by molar-refractivity contribution is 6.05. The minimum absolute atomic E-state index is 0.0108. The summed E-state index contributed by atoms with van der Waals surface area (Å²) in [6.45, 7) is 10.8. The van der Waals surface area contributed by atoms with Crippen LogP contribution >= 0.6 is 0 Å². The van der Waals surface area contributed by atoms with Gasteiger partial charge in [0.1, 0.15) is 34.3 Å². The Morgan fingerprint density at radius 3 is 2.08 bits per heavy atom. The molecule has 0 atom stereocenters. The van der Waals surface area contributed by atoms with Crippen LogP contribution in [0.3, 0.4) is 0 Å². The second-order valence-electron chi connectivity index (χ2n) is 17.6. The number of hydrogen-bond acceptors (Lipinski definition) is 13. The average molecular weight is 821 g/mol. The van der Waals surface area contributed by atoms with E-state index in [2.05, 4.69) is 111 Å². The summed E-state index contributed by atoms with van der Waals surface area (Å²) in [4.78, 5) is 5.36. The van der Waals surface area contributed by atoms with Crippen molar-refractivity contribution >= 4 is 27.6 Å². The molecule has 18 heteroatoms. The molecule has 2 fully saturated rings. The molecule has 61 heavy (non-hydrogen) atoms. The molecule has 8 aromatic rings. The van der Waals surface area contributed by atoms with E-state index in [1.54, 1.807) is 29.0 Å². The number of aromatic nitrogens is 14. The van der Waals surface area contributed by atoms with E-state index < -0.39 is 0 Å². The van der Waals surface area contributed by atoms with E-state index in [1.807, 2.05) is 36.1 Å². The van der Waals surface area contributed by atoms with Gasteiger partial charge in [-0.3, -0.25) is 5.10 Å². The lowest BCUT2D eigenvalue weighted by Gasteiger charge is -2.46. The minimum atomic E-state index is -0.0746. The van der Waals surface area contributed by atoms with Gasteiger partial charge in [-0.15, -0.1) is 20.4 Å². The van der Waals surface area contributed by atoms with Gasteiger partial charge in [-0.2, -0.15) is 40.2 Å². The number of nitrogens with zero attached hydrogens (tertiary/aromatic N) is 13. The van der Waals surface area contributed by atoms with Crippen LogP contribution in [0.25, 0.3) is 72.5 Å². The third-order valence-electron chi connectivity index (χ3n) is 11.9. The lowest BCUT2D eigenvalue weighted by molar-refractivity contribution is -0.652. The van der Waals surface area contributed by atoms with Crippen LogP contribution in [0.5, 0.6) is 5.88 Å². The highest BCUT2D eigenvalue weighted by atomic mass is 16.5. The second-order valence-corrected chi connectivity index (χ2v) is 17.6. The molecule has 2 aromatic carbocycles. The summed E-state index contributed by atoms with van der Waals surface area (Å²) in [5.74, 6) is 1.33. The van der Waals surface area contributed by atoms with E-state index in [1.165, 1.54) is 0 Å². The molecule has 0 spiro atoms. The molecule has 18 nitrogen and oxygen atoms in total. The maximum absolute atomic E-state index is 6.50. The normalized spacial score (nSPS) is 17.0. The third-order valence-corrected chi connectivity index (χ3v) is 11.9. The number of benzene rings is 2. The van der Waals surface area contributed by atoms with E-state index in [0.717, 1.165) is 106 Å². The zero-order chi connectivity index (χ0) is 42.0. The maximum Gasteiger partial charge on any atom is 0.247 e. The molecule has 0 aliphatic carbocycles. The predicted molar refractivity (Wildman–Crippen MR) is 231 cm³/mol. The fourth-order valence-corrected chi connectivity index (χ4v) is 9.45. The zero-order valence-corrected chi connectivity index (χ0v) is 35.5. The van der Waals surface area contributed by atoms with Gasteiger partial charge in [0, 0.05) is 85.3 Å². The SMILES string of the molecule is CN(c1ccc(-c2ccc(-c3cnn(C)n3)c3c[n+](-c4cc(-c5cnn(C)n5)c5cn[nH]c5c4-c4ccc(OC5CC(C)(C)NC(C)(C)C5)nn4)[nH]c23)nn1)C1CCNCC1. The molecule has 0 radical (unpaired) electrons. The van der Waals surface area contributed by atoms with E-state index in [4.69, 9.17) is 30.2 Å².